The number of hydrogen-bond donors (Lipinski definition) is 0. The maximum absolute atomic E-state index is 6.31. The Morgan fingerprint density at radius 3 is 2.68 bits per heavy atom. The van der Waals surface area contributed by atoms with Gasteiger partial charge in [-0.3, -0.25) is 4.57 Å². The van der Waals surface area contributed by atoms with E-state index in [4.69, 9.17) is 21.3 Å². The highest BCUT2D eigenvalue weighted by Crippen LogP contribution is 2.34. The van der Waals surface area contributed by atoms with Crippen molar-refractivity contribution >= 4 is 34.7 Å². The number of allylic oxidation sites excluding steroid dienone is 1. The second kappa shape index (κ2) is 10.1. The van der Waals surface area contributed by atoms with Crippen LogP contribution >= 0.6 is 34.7 Å². The molecule has 2 aromatic carbocycles. The molecular weight excluding hydrogens is 448 g/mol. The summed E-state index contributed by atoms with van der Waals surface area (Å²) in [6.07, 6.45) is 1.85. The molecule has 5 nitrogen and oxygen atoms in total. The third-order valence-corrected chi connectivity index (χ3v) is 6.72. The van der Waals surface area contributed by atoms with Gasteiger partial charge >= 0.3 is 0 Å². The van der Waals surface area contributed by atoms with Gasteiger partial charge in [-0.05, 0) is 25.1 Å². The van der Waals surface area contributed by atoms with Crippen LogP contribution in [0, 0.1) is 0 Å². The molecule has 31 heavy (non-hydrogen) atoms. The van der Waals surface area contributed by atoms with E-state index in [0.29, 0.717) is 23.9 Å². The van der Waals surface area contributed by atoms with Gasteiger partial charge in [-0.25, -0.2) is 4.98 Å². The van der Waals surface area contributed by atoms with Crippen molar-refractivity contribution in [1.82, 2.24) is 19.7 Å². The Morgan fingerprint density at radius 1 is 1.13 bits per heavy atom. The molecule has 0 amide bonds. The van der Waals surface area contributed by atoms with Crippen LogP contribution in [-0.2, 0) is 12.3 Å². The van der Waals surface area contributed by atoms with Crippen molar-refractivity contribution in [2.75, 3.05) is 6.61 Å². The second-order valence-corrected chi connectivity index (χ2v) is 8.75. The van der Waals surface area contributed by atoms with E-state index in [2.05, 4.69) is 26.7 Å². The summed E-state index contributed by atoms with van der Waals surface area (Å²) in [6, 6.07) is 15.6. The summed E-state index contributed by atoms with van der Waals surface area (Å²) < 4.78 is 7.84. The maximum Gasteiger partial charge on any atom is 0.192 e. The van der Waals surface area contributed by atoms with E-state index in [-0.39, 0.29) is 0 Å². The fraction of sp³-hybridized carbons (Fsp3) is 0.174. The molecule has 0 N–H and O–H groups in total. The Bertz CT molecular complexity index is 1190. The zero-order chi connectivity index (χ0) is 21.6. The number of rotatable bonds is 9. The minimum atomic E-state index is 0.589. The molecule has 0 aliphatic carbocycles. The van der Waals surface area contributed by atoms with E-state index in [1.165, 1.54) is 0 Å². The average molecular weight is 469 g/mol. The first kappa shape index (κ1) is 21.6. The van der Waals surface area contributed by atoms with Crippen LogP contribution in [0.15, 0.2) is 71.7 Å². The number of hydrogen-bond acceptors (Lipinski definition) is 6. The Balaban J connectivity index is 1.56. The molecule has 2 heterocycles. The Hall–Kier alpha value is -2.61. The van der Waals surface area contributed by atoms with Gasteiger partial charge < -0.3 is 4.74 Å². The highest BCUT2D eigenvalue weighted by molar-refractivity contribution is 7.98. The first-order valence-corrected chi connectivity index (χ1v) is 12.0. The van der Waals surface area contributed by atoms with E-state index in [0.717, 1.165) is 38.6 Å². The quantitative estimate of drug-likeness (QED) is 0.204. The first-order valence-electron chi connectivity index (χ1n) is 9.79. The summed E-state index contributed by atoms with van der Waals surface area (Å²) in [6.45, 7) is 7.06. The summed E-state index contributed by atoms with van der Waals surface area (Å²) >= 11 is 9.50. The van der Waals surface area contributed by atoms with Crippen molar-refractivity contribution in [2.24, 2.45) is 0 Å². The van der Waals surface area contributed by atoms with Crippen molar-refractivity contribution < 1.29 is 4.74 Å². The van der Waals surface area contributed by atoms with Gasteiger partial charge in [0.2, 0.25) is 0 Å². The zero-order valence-electron chi connectivity index (χ0n) is 17.0. The van der Waals surface area contributed by atoms with E-state index in [9.17, 15) is 0 Å². The molecule has 4 rings (SSSR count). The van der Waals surface area contributed by atoms with Gasteiger partial charge in [0.15, 0.2) is 11.0 Å². The molecular formula is C23H21ClN4OS2. The van der Waals surface area contributed by atoms with Crippen molar-refractivity contribution in [3.05, 3.63) is 77.3 Å². The van der Waals surface area contributed by atoms with Gasteiger partial charge in [0.1, 0.15) is 10.8 Å². The number of aromatic nitrogens is 4. The van der Waals surface area contributed by atoms with Crippen molar-refractivity contribution in [2.45, 2.75) is 24.4 Å². The number of halogens is 1. The van der Waals surface area contributed by atoms with Crippen LogP contribution in [-0.4, -0.2) is 26.4 Å². The molecule has 2 aromatic heterocycles. The normalized spacial score (nSPS) is 10.9. The van der Waals surface area contributed by atoms with E-state index < -0.39 is 0 Å². The lowest BCUT2D eigenvalue weighted by Crippen LogP contribution is -2.02. The Kier molecular flexibility index (Phi) is 7.06. The number of thiazole rings is 1. The second-order valence-electron chi connectivity index (χ2n) is 6.55. The average Bonchev–Trinajstić information content (AvgIpc) is 3.41. The molecule has 0 bridgehead atoms. The summed E-state index contributed by atoms with van der Waals surface area (Å²) in [5.74, 6) is 2.24. The smallest absolute Gasteiger partial charge is 0.192 e. The molecule has 4 aromatic rings. The SMILES string of the molecule is C=CCn1c(SCc2csc(-c3ccccc3Cl)n2)nnc1-c1ccccc1OCC. The van der Waals surface area contributed by atoms with E-state index in [1.54, 1.807) is 23.1 Å². The molecule has 8 heteroatoms. The third kappa shape index (κ3) is 4.84. The van der Waals surface area contributed by atoms with Crippen molar-refractivity contribution in [3.63, 3.8) is 0 Å². The number of thioether (sulfide) groups is 1. The van der Waals surface area contributed by atoms with Gasteiger partial charge in [0.05, 0.1) is 22.9 Å². The minimum absolute atomic E-state index is 0.589. The molecule has 0 fully saturated rings. The number of para-hydroxylation sites is 1. The topological polar surface area (TPSA) is 52.8 Å². The number of nitrogens with zero attached hydrogens (tertiary/aromatic N) is 4. The molecule has 0 aliphatic heterocycles. The fourth-order valence-electron chi connectivity index (χ4n) is 3.09. The van der Waals surface area contributed by atoms with E-state index >= 15 is 0 Å². The molecule has 0 saturated carbocycles. The zero-order valence-corrected chi connectivity index (χ0v) is 19.4. The standard InChI is InChI=1S/C23H21ClN4OS2/c1-3-13-28-21(18-10-6-8-12-20(18)29-4-2)26-27-23(28)31-15-16-14-30-22(25-16)17-9-5-7-11-19(17)24/h3,5-12,14H,1,4,13,15H2,2H3. The van der Waals surface area contributed by atoms with Crippen LogP contribution in [0.1, 0.15) is 12.6 Å². The maximum atomic E-state index is 6.31. The molecule has 0 unspecified atom stereocenters. The van der Waals surface area contributed by atoms with Crippen molar-refractivity contribution in [1.29, 1.82) is 0 Å². The van der Waals surface area contributed by atoms with Crippen LogP contribution in [0.4, 0.5) is 0 Å². The van der Waals surface area contributed by atoms with Gasteiger partial charge in [-0.2, -0.15) is 0 Å². The largest absolute Gasteiger partial charge is 0.493 e. The predicted octanol–water partition coefficient (Wildman–Crippen LogP) is 6.60. The van der Waals surface area contributed by atoms with Gasteiger partial charge in [0.25, 0.3) is 0 Å². The van der Waals surface area contributed by atoms with Crippen LogP contribution in [0.2, 0.25) is 5.02 Å². The van der Waals surface area contributed by atoms with Crippen LogP contribution in [0.3, 0.4) is 0 Å². The number of benzene rings is 2. The lowest BCUT2D eigenvalue weighted by Gasteiger charge is -2.11. The molecule has 0 spiro atoms. The Morgan fingerprint density at radius 2 is 1.90 bits per heavy atom. The number of ether oxygens (including phenoxy) is 1. The summed E-state index contributed by atoms with van der Waals surface area (Å²) in [5, 5.41) is 13.4. The molecule has 0 saturated heterocycles. The monoisotopic (exact) mass is 468 g/mol. The third-order valence-electron chi connectivity index (χ3n) is 4.46. The van der Waals surface area contributed by atoms with Crippen LogP contribution < -0.4 is 4.74 Å². The lowest BCUT2D eigenvalue weighted by molar-refractivity contribution is 0.341. The summed E-state index contributed by atoms with van der Waals surface area (Å²) in [7, 11) is 0. The van der Waals surface area contributed by atoms with Crippen molar-refractivity contribution in [3.8, 4) is 27.7 Å². The molecule has 158 valence electrons. The Labute approximate surface area is 194 Å². The predicted molar refractivity (Wildman–Crippen MR) is 129 cm³/mol. The van der Waals surface area contributed by atoms with Gasteiger partial charge in [0, 0.05) is 23.2 Å². The first-order chi connectivity index (χ1) is 15.2. The highest BCUT2D eigenvalue weighted by Gasteiger charge is 2.17. The fourth-order valence-corrected chi connectivity index (χ4v) is 5.18. The summed E-state index contributed by atoms with van der Waals surface area (Å²) in [5.41, 5.74) is 2.85. The highest BCUT2D eigenvalue weighted by atomic mass is 35.5. The van der Waals surface area contributed by atoms with Gasteiger partial charge in [-0.1, -0.05) is 59.8 Å². The molecule has 0 atom stereocenters. The van der Waals surface area contributed by atoms with Crippen LogP contribution in [0.5, 0.6) is 5.75 Å². The molecule has 0 aliphatic rings. The minimum Gasteiger partial charge on any atom is -0.493 e. The van der Waals surface area contributed by atoms with E-state index in [1.807, 2.05) is 61.5 Å². The lowest BCUT2D eigenvalue weighted by atomic mass is 10.2. The van der Waals surface area contributed by atoms with Gasteiger partial charge in [-0.15, -0.1) is 28.1 Å². The molecule has 0 radical (unpaired) electrons. The van der Waals surface area contributed by atoms with Crippen LogP contribution in [0.25, 0.3) is 22.0 Å². The summed E-state index contributed by atoms with van der Waals surface area (Å²) in [4.78, 5) is 4.75.